The summed E-state index contributed by atoms with van der Waals surface area (Å²) in [5.41, 5.74) is 7.00. The van der Waals surface area contributed by atoms with E-state index in [0.717, 1.165) is 18.4 Å². The zero-order chi connectivity index (χ0) is 14.2. The molecule has 0 atom stereocenters. The maximum atomic E-state index is 12.8. The van der Waals surface area contributed by atoms with Gasteiger partial charge < -0.3 is 5.73 Å². The Morgan fingerprint density at radius 2 is 2.00 bits per heavy atom. The fraction of sp³-hybridized carbons (Fsp3) is 0.571. The summed E-state index contributed by atoms with van der Waals surface area (Å²) < 4.78 is 27.2. The fourth-order valence-corrected chi connectivity index (χ4v) is 4.31. The van der Waals surface area contributed by atoms with Crippen LogP contribution < -0.4 is 5.73 Å². The molecule has 0 saturated heterocycles. The number of nitrogen functional groups attached to an aromatic ring is 1. The molecule has 1 aromatic carbocycles. The summed E-state index contributed by atoms with van der Waals surface area (Å²) in [4.78, 5) is 0.384. The molecular weight excluding hydrogens is 260 g/mol. The van der Waals surface area contributed by atoms with E-state index in [9.17, 15) is 8.42 Å². The van der Waals surface area contributed by atoms with Crippen molar-refractivity contribution in [2.75, 3.05) is 12.3 Å². The Kier molecular flexibility index (Phi) is 3.87. The minimum absolute atomic E-state index is 0.185. The molecule has 4 nitrogen and oxygen atoms in total. The largest absolute Gasteiger partial charge is 0.399 e. The highest BCUT2D eigenvalue weighted by Crippen LogP contribution is 2.33. The van der Waals surface area contributed by atoms with Gasteiger partial charge in [-0.2, -0.15) is 4.31 Å². The quantitative estimate of drug-likeness (QED) is 0.843. The molecule has 0 amide bonds. The van der Waals surface area contributed by atoms with Crippen LogP contribution in [0.3, 0.4) is 0 Å². The first-order valence-electron chi connectivity index (χ1n) is 6.70. The van der Waals surface area contributed by atoms with Gasteiger partial charge in [0, 0.05) is 18.3 Å². The fourth-order valence-electron chi connectivity index (χ4n) is 2.25. The molecule has 1 aromatic rings. The monoisotopic (exact) mass is 282 g/mol. The number of sulfonamides is 1. The molecule has 0 unspecified atom stereocenters. The average molecular weight is 282 g/mol. The van der Waals surface area contributed by atoms with E-state index in [1.54, 1.807) is 29.4 Å². The van der Waals surface area contributed by atoms with Gasteiger partial charge in [0.1, 0.15) is 0 Å². The molecule has 2 rings (SSSR count). The van der Waals surface area contributed by atoms with Crippen molar-refractivity contribution in [1.82, 2.24) is 4.31 Å². The van der Waals surface area contributed by atoms with E-state index in [-0.39, 0.29) is 6.04 Å². The molecule has 0 aromatic heterocycles. The maximum absolute atomic E-state index is 12.8. The molecule has 0 spiro atoms. The maximum Gasteiger partial charge on any atom is 0.243 e. The van der Waals surface area contributed by atoms with Crippen molar-refractivity contribution >= 4 is 15.7 Å². The van der Waals surface area contributed by atoms with Gasteiger partial charge in [0.05, 0.1) is 4.90 Å². The standard InChI is InChI=1S/C14H22N2O2S/c1-10(2)9-16(13-5-6-13)19(17,18)14-7-4-12(15)8-11(14)3/h4,7-8,10,13H,5-6,9,15H2,1-3H3. The molecule has 19 heavy (non-hydrogen) atoms. The van der Waals surface area contributed by atoms with Crippen molar-refractivity contribution in [3.05, 3.63) is 23.8 Å². The zero-order valence-electron chi connectivity index (χ0n) is 11.8. The zero-order valence-corrected chi connectivity index (χ0v) is 12.6. The van der Waals surface area contributed by atoms with Gasteiger partial charge in [-0.15, -0.1) is 0 Å². The third-order valence-corrected chi connectivity index (χ3v) is 5.36. The first-order valence-corrected chi connectivity index (χ1v) is 8.14. The van der Waals surface area contributed by atoms with Gasteiger partial charge in [-0.1, -0.05) is 13.8 Å². The third kappa shape index (κ3) is 3.09. The van der Waals surface area contributed by atoms with Gasteiger partial charge in [0.25, 0.3) is 0 Å². The van der Waals surface area contributed by atoms with E-state index in [0.29, 0.717) is 23.0 Å². The summed E-state index contributed by atoms with van der Waals surface area (Å²) in [6.07, 6.45) is 1.94. The Balaban J connectivity index is 2.38. The number of hydrogen-bond acceptors (Lipinski definition) is 3. The van der Waals surface area contributed by atoms with Crippen LogP contribution in [0.4, 0.5) is 5.69 Å². The van der Waals surface area contributed by atoms with E-state index in [1.165, 1.54) is 0 Å². The van der Waals surface area contributed by atoms with Crippen LogP contribution in [0.25, 0.3) is 0 Å². The molecule has 1 aliphatic carbocycles. The molecule has 5 heteroatoms. The molecule has 1 fully saturated rings. The highest BCUT2D eigenvalue weighted by atomic mass is 32.2. The van der Waals surface area contributed by atoms with Crippen LogP contribution in [0, 0.1) is 12.8 Å². The summed E-state index contributed by atoms with van der Waals surface area (Å²) >= 11 is 0. The lowest BCUT2D eigenvalue weighted by molar-refractivity contribution is 0.360. The van der Waals surface area contributed by atoms with Crippen molar-refractivity contribution in [1.29, 1.82) is 0 Å². The molecule has 1 saturated carbocycles. The van der Waals surface area contributed by atoms with Crippen molar-refractivity contribution in [3.8, 4) is 0 Å². The van der Waals surface area contributed by atoms with E-state index in [2.05, 4.69) is 0 Å². The molecule has 0 bridgehead atoms. The van der Waals surface area contributed by atoms with Crippen LogP contribution in [-0.4, -0.2) is 25.3 Å². The molecule has 106 valence electrons. The molecule has 0 radical (unpaired) electrons. The van der Waals surface area contributed by atoms with Crippen LogP contribution in [0.5, 0.6) is 0 Å². The van der Waals surface area contributed by atoms with Crippen molar-refractivity contribution < 1.29 is 8.42 Å². The summed E-state index contributed by atoms with van der Waals surface area (Å²) in [7, 11) is -3.40. The Hall–Kier alpha value is -1.07. The SMILES string of the molecule is Cc1cc(N)ccc1S(=O)(=O)N(CC(C)C)C1CC1. The van der Waals surface area contributed by atoms with E-state index in [1.807, 2.05) is 13.8 Å². The number of benzene rings is 1. The molecule has 0 aliphatic heterocycles. The van der Waals surface area contributed by atoms with E-state index >= 15 is 0 Å². The smallest absolute Gasteiger partial charge is 0.243 e. The molecule has 1 aliphatic rings. The highest BCUT2D eigenvalue weighted by molar-refractivity contribution is 7.89. The van der Waals surface area contributed by atoms with Crippen molar-refractivity contribution in [3.63, 3.8) is 0 Å². The topological polar surface area (TPSA) is 63.4 Å². The second-order valence-corrected chi connectivity index (χ2v) is 7.58. The second-order valence-electron chi connectivity index (χ2n) is 5.72. The summed E-state index contributed by atoms with van der Waals surface area (Å²) in [6, 6.07) is 5.17. The lowest BCUT2D eigenvalue weighted by atomic mass is 10.2. The minimum atomic E-state index is -3.40. The van der Waals surface area contributed by atoms with Gasteiger partial charge >= 0.3 is 0 Å². The lowest BCUT2D eigenvalue weighted by Crippen LogP contribution is -2.36. The minimum Gasteiger partial charge on any atom is -0.399 e. The first-order chi connectivity index (χ1) is 8.82. The molecule has 2 N–H and O–H groups in total. The van der Waals surface area contributed by atoms with Gasteiger partial charge in [0.2, 0.25) is 10.0 Å². The number of rotatable bonds is 5. The predicted molar refractivity (Wildman–Crippen MR) is 77.3 cm³/mol. The highest BCUT2D eigenvalue weighted by Gasteiger charge is 2.38. The molecule has 0 heterocycles. The Morgan fingerprint density at radius 3 is 2.47 bits per heavy atom. The normalized spacial score (nSPS) is 16.3. The first kappa shape index (κ1) is 14.3. The van der Waals surface area contributed by atoms with Crippen LogP contribution in [-0.2, 0) is 10.0 Å². The third-order valence-electron chi connectivity index (χ3n) is 3.28. The number of nitrogens with two attached hydrogens (primary N) is 1. The van der Waals surface area contributed by atoms with E-state index in [4.69, 9.17) is 5.73 Å². The average Bonchev–Trinajstić information content (AvgIpc) is 3.08. The van der Waals surface area contributed by atoms with Crippen LogP contribution in [0.2, 0.25) is 0 Å². The Labute approximate surface area is 115 Å². The lowest BCUT2D eigenvalue weighted by Gasteiger charge is -2.24. The number of hydrogen-bond donors (Lipinski definition) is 1. The van der Waals surface area contributed by atoms with Crippen LogP contribution in [0.15, 0.2) is 23.1 Å². The number of anilines is 1. The number of aryl methyl sites for hydroxylation is 1. The Bertz CT molecular complexity index is 563. The van der Waals surface area contributed by atoms with Gasteiger partial charge in [0.15, 0.2) is 0 Å². The van der Waals surface area contributed by atoms with Crippen molar-refractivity contribution in [2.45, 2.75) is 44.6 Å². The summed E-state index contributed by atoms with van der Waals surface area (Å²) in [5.74, 6) is 0.324. The van der Waals surface area contributed by atoms with Gasteiger partial charge in [-0.3, -0.25) is 0 Å². The predicted octanol–water partition coefficient (Wildman–Crippen LogP) is 2.39. The second kappa shape index (κ2) is 5.13. The van der Waals surface area contributed by atoms with Crippen molar-refractivity contribution in [2.24, 2.45) is 5.92 Å². The summed E-state index contributed by atoms with van der Waals surface area (Å²) in [5, 5.41) is 0. The molecular formula is C14H22N2O2S. The van der Waals surface area contributed by atoms with Gasteiger partial charge in [-0.25, -0.2) is 8.42 Å². The van der Waals surface area contributed by atoms with E-state index < -0.39 is 10.0 Å². The summed E-state index contributed by atoms with van der Waals surface area (Å²) in [6.45, 7) is 6.46. The van der Waals surface area contributed by atoms with Crippen LogP contribution >= 0.6 is 0 Å². The van der Waals surface area contributed by atoms with Crippen LogP contribution in [0.1, 0.15) is 32.3 Å². The van der Waals surface area contributed by atoms with Gasteiger partial charge in [-0.05, 0) is 49.4 Å². The number of nitrogens with zero attached hydrogens (tertiary/aromatic N) is 1. The Morgan fingerprint density at radius 1 is 1.37 bits per heavy atom.